The van der Waals surface area contributed by atoms with Crippen LogP contribution in [0.2, 0.25) is 0 Å². The Hall–Kier alpha value is -2.45. The number of rotatable bonds is 5. The molecule has 1 aliphatic rings. The molecule has 1 aromatic carbocycles. The molecular formula is C18H24N4O3S+2. The number of sulfone groups is 1. The molecule has 1 saturated heterocycles. The average molecular weight is 376 g/mol. The van der Waals surface area contributed by atoms with Gasteiger partial charge in [-0.2, -0.15) is 0 Å². The lowest BCUT2D eigenvalue weighted by atomic mass is 10.3. The normalized spacial score (nSPS) is 15.7. The molecule has 0 atom stereocenters. The second-order valence-electron chi connectivity index (χ2n) is 6.48. The number of hydrogen-bond donors (Lipinski definition) is 2. The third-order valence-electron chi connectivity index (χ3n) is 4.48. The summed E-state index contributed by atoms with van der Waals surface area (Å²) in [6.45, 7) is 3.75. The van der Waals surface area contributed by atoms with Crippen LogP contribution < -0.4 is 20.1 Å². The van der Waals surface area contributed by atoms with Crippen LogP contribution in [0.4, 0.5) is 11.5 Å². The molecule has 1 aromatic heterocycles. The lowest BCUT2D eigenvalue weighted by Gasteiger charge is -2.27. The summed E-state index contributed by atoms with van der Waals surface area (Å²) in [6.07, 6.45) is 3.05. The number of aromatic amines is 1. The lowest BCUT2D eigenvalue weighted by Crippen LogP contribution is -3.15. The number of H-pyrrole nitrogens is 1. The fourth-order valence-electron chi connectivity index (χ4n) is 3.14. The number of para-hydroxylation sites is 1. The number of amides is 1. The molecule has 26 heavy (non-hydrogen) atoms. The van der Waals surface area contributed by atoms with E-state index in [9.17, 15) is 13.2 Å². The quantitative estimate of drug-likeness (QED) is 0.719. The van der Waals surface area contributed by atoms with E-state index in [1.165, 1.54) is 11.0 Å². The first kappa shape index (κ1) is 18.3. The number of benzene rings is 1. The van der Waals surface area contributed by atoms with Crippen LogP contribution in [0.1, 0.15) is 0 Å². The van der Waals surface area contributed by atoms with Gasteiger partial charge in [0.15, 0.2) is 16.4 Å². The number of nitrogens with one attached hydrogen (secondary N) is 3. The fourth-order valence-corrected chi connectivity index (χ4v) is 3.98. The van der Waals surface area contributed by atoms with Crippen LogP contribution >= 0.6 is 0 Å². The molecule has 3 N–H and O–H groups in total. The molecule has 1 fully saturated rings. The summed E-state index contributed by atoms with van der Waals surface area (Å²) in [5.41, 5.74) is 0.344. The molecule has 0 saturated carbocycles. The van der Waals surface area contributed by atoms with Crippen LogP contribution in [0.3, 0.4) is 0 Å². The summed E-state index contributed by atoms with van der Waals surface area (Å²) >= 11 is 0. The van der Waals surface area contributed by atoms with E-state index >= 15 is 0 Å². The highest BCUT2D eigenvalue weighted by molar-refractivity contribution is 7.90. The second-order valence-corrected chi connectivity index (χ2v) is 8.46. The Kier molecular flexibility index (Phi) is 5.53. The molecule has 7 nitrogen and oxygen atoms in total. The first-order valence-electron chi connectivity index (χ1n) is 8.57. The predicted molar refractivity (Wildman–Crippen MR) is 99.0 cm³/mol. The summed E-state index contributed by atoms with van der Waals surface area (Å²) < 4.78 is 23.7. The van der Waals surface area contributed by atoms with E-state index in [0.717, 1.165) is 38.3 Å². The first-order valence-corrected chi connectivity index (χ1v) is 10.5. The zero-order valence-electron chi connectivity index (χ0n) is 14.7. The van der Waals surface area contributed by atoms with E-state index < -0.39 is 9.84 Å². The third-order valence-corrected chi connectivity index (χ3v) is 5.63. The van der Waals surface area contributed by atoms with Crippen molar-refractivity contribution in [2.75, 3.05) is 49.2 Å². The topological polar surface area (TPSA) is 85.1 Å². The van der Waals surface area contributed by atoms with Gasteiger partial charge in [0, 0.05) is 12.3 Å². The second kappa shape index (κ2) is 7.84. The van der Waals surface area contributed by atoms with Crippen molar-refractivity contribution in [1.82, 2.24) is 0 Å². The van der Waals surface area contributed by atoms with E-state index in [4.69, 9.17) is 0 Å². The molecule has 0 aliphatic carbocycles. The molecule has 3 rings (SSSR count). The molecule has 0 spiro atoms. The van der Waals surface area contributed by atoms with Crippen LogP contribution in [0.5, 0.6) is 0 Å². The van der Waals surface area contributed by atoms with Gasteiger partial charge in [-0.15, -0.1) is 0 Å². The van der Waals surface area contributed by atoms with Crippen molar-refractivity contribution in [3.8, 4) is 0 Å². The van der Waals surface area contributed by atoms with Crippen LogP contribution in [0.25, 0.3) is 0 Å². The van der Waals surface area contributed by atoms with Crippen molar-refractivity contribution in [1.29, 1.82) is 0 Å². The van der Waals surface area contributed by atoms with E-state index in [0.29, 0.717) is 12.2 Å². The average Bonchev–Trinajstić information content (AvgIpc) is 2.62. The third kappa shape index (κ3) is 4.59. The largest absolute Gasteiger partial charge is 0.321 e. The van der Waals surface area contributed by atoms with Gasteiger partial charge in [-0.25, -0.2) is 13.4 Å². The van der Waals surface area contributed by atoms with Crippen molar-refractivity contribution < 1.29 is 23.1 Å². The van der Waals surface area contributed by atoms with Gasteiger partial charge in [-0.3, -0.25) is 9.69 Å². The zero-order valence-corrected chi connectivity index (χ0v) is 15.6. The Morgan fingerprint density at radius 3 is 2.50 bits per heavy atom. The van der Waals surface area contributed by atoms with Crippen molar-refractivity contribution in [2.24, 2.45) is 0 Å². The van der Waals surface area contributed by atoms with Gasteiger partial charge in [-0.05, 0) is 18.2 Å². The monoisotopic (exact) mass is 376 g/mol. The molecule has 2 heterocycles. The molecule has 2 aromatic rings. The number of pyridine rings is 1. The molecular weight excluding hydrogens is 352 g/mol. The molecule has 138 valence electrons. The summed E-state index contributed by atoms with van der Waals surface area (Å²) in [6, 6.07) is 12.5. The Balaban J connectivity index is 1.56. The minimum atomic E-state index is -3.38. The van der Waals surface area contributed by atoms with Crippen molar-refractivity contribution >= 4 is 27.2 Å². The van der Waals surface area contributed by atoms with Gasteiger partial charge in [0.05, 0.1) is 16.8 Å². The van der Waals surface area contributed by atoms with E-state index in [1.807, 2.05) is 24.4 Å². The number of carbonyl (C=O) groups excluding carboxylic acids is 1. The fraction of sp³-hybridized carbons (Fsp3) is 0.333. The number of aromatic nitrogens is 1. The zero-order chi connectivity index (χ0) is 18.6. The number of hydrogen-bond acceptors (Lipinski definition) is 4. The Morgan fingerprint density at radius 1 is 1.15 bits per heavy atom. The molecule has 1 amide bonds. The van der Waals surface area contributed by atoms with Gasteiger partial charge in [0.2, 0.25) is 0 Å². The van der Waals surface area contributed by atoms with Crippen molar-refractivity contribution in [3.05, 3.63) is 48.7 Å². The molecule has 0 bridgehead atoms. The smallest absolute Gasteiger partial charge is 0.279 e. The summed E-state index contributed by atoms with van der Waals surface area (Å²) in [7, 11) is -3.38. The van der Waals surface area contributed by atoms with Crippen molar-refractivity contribution in [2.45, 2.75) is 4.90 Å². The van der Waals surface area contributed by atoms with Crippen LogP contribution in [-0.4, -0.2) is 53.3 Å². The first-order chi connectivity index (χ1) is 12.4. The molecule has 1 aliphatic heterocycles. The van der Waals surface area contributed by atoms with Crippen LogP contribution in [0.15, 0.2) is 53.6 Å². The molecule has 8 heteroatoms. The molecule has 0 unspecified atom stereocenters. The summed E-state index contributed by atoms with van der Waals surface area (Å²) in [5, 5.41) is 2.75. The Morgan fingerprint density at radius 2 is 1.85 bits per heavy atom. The Bertz CT molecular complexity index is 863. The highest BCUT2D eigenvalue weighted by Gasteiger charge is 2.27. The SMILES string of the molecule is CS(=O)(=O)c1ccccc1NC(=O)C[NH+]1CCN(c2cccc[nH+]2)CC1. The number of carbonyl (C=O) groups is 1. The van der Waals surface area contributed by atoms with E-state index in [2.05, 4.69) is 15.2 Å². The van der Waals surface area contributed by atoms with Crippen molar-refractivity contribution in [3.63, 3.8) is 0 Å². The Labute approximate surface area is 153 Å². The van der Waals surface area contributed by atoms with Gasteiger partial charge in [0.1, 0.15) is 26.2 Å². The predicted octanol–water partition coefficient (Wildman–Crippen LogP) is -0.752. The minimum Gasteiger partial charge on any atom is -0.321 e. The van der Waals surface area contributed by atoms with Gasteiger partial charge >= 0.3 is 0 Å². The highest BCUT2D eigenvalue weighted by Crippen LogP contribution is 2.20. The summed E-state index contributed by atoms with van der Waals surface area (Å²) in [5.74, 6) is 0.911. The maximum Gasteiger partial charge on any atom is 0.279 e. The molecule has 0 radical (unpaired) electrons. The minimum absolute atomic E-state index is 0.146. The highest BCUT2D eigenvalue weighted by atomic mass is 32.2. The van der Waals surface area contributed by atoms with Crippen LogP contribution in [-0.2, 0) is 14.6 Å². The number of anilines is 2. The number of quaternary nitrogens is 1. The van der Waals surface area contributed by atoms with E-state index in [1.54, 1.807) is 18.2 Å². The van der Waals surface area contributed by atoms with Gasteiger partial charge in [-0.1, -0.05) is 18.2 Å². The van der Waals surface area contributed by atoms with Crippen LogP contribution in [0, 0.1) is 0 Å². The van der Waals surface area contributed by atoms with E-state index in [-0.39, 0.29) is 10.8 Å². The van der Waals surface area contributed by atoms with Gasteiger partial charge in [0.25, 0.3) is 11.7 Å². The summed E-state index contributed by atoms with van der Waals surface area (Å²) in [4.78, 5) is 19.2. The number of nitrogens with zero attached hydrogens (tertiary/aromatic N) is 1. The maximum atomic E-state index is 12.4. The van der Waals surface area contributed by atoms with Gasteiger partial charge < -0.3 is 10.2 Å². The maximum absolute atomic E-state index is 12.4. The lowest BCUT2D eigenvalue weighted by molar-refractivity contribution is -0.892. The number of piperazine rings is 1. The standard InChI is InChI=1S/C18H22N4O3S/c1-26(24,25)16-7-3-2-6-15(16)20-18(23)14-21-10-12-22(13-11-21)17-8-4-5-9-19-17/h2-9H,10-14H2,1H3,(H,20,23)/p+2.